The fraction of sp³-hybridized carbons (Fsp3) is 0.111. The average molecular weight is 383 g/mol. The second-order valence-corrected chi connectivity index (χ2v) is 6.61. The van der Waals surface area contributed by atoms with E-state index in [-0.39, 0.29) is 11.7 Å². The van der Waals surface area contributed by atoms with Crippen LogP contribution >= 0.6 is 11.3 Å². The standard InChI is InChI=1S/C18H14FN5O2S/c1-10-13-6-12(19)3-4-14(13)26-15(10)8-21-16-5-2-11(7-20-16)17(25)23-18-24-22-9-27-18/h2-7,9H,8H2,1H3,(H,20,21)(H,23,24,25). The van der Waals surface area contributed by atoms with E-state index in [9.17, 15) is 9.18 Å². The number of amides is 1. The molecular formula is C18H14FN5O2S. The van der Waals surface area contributed by atoms with Crippen LogP contribution in [0.5, 0.6) is 0 Å². The number of fused-ring (bicyclic) bond motifs is 1. The number of furan rings is 1. The minimum absolute atomic E-state index is 0.296. The van der Waals surface area contributed by atoms with Crippen molar-refractivity contribution in [3.05, 3.63) is 64.7 Å². The lowest BCUT2D eigenvalue weighted by Crippen LogP contribution is -2.12. The van der Waals surface area contributed by atoms with Crippen LogP contribution in [0.25, 0.3) is 11.0 Å². The van der Waals surface area contributed by atoms with Crippen LogP contribution in [0.15, 0.2) is 46.5 Å². The van der Waals surface area contributed by atoms with E-state index in [1.807, 2.05) is 6.92 Å². The number of aryl methyl sites for hydroxylation is 1. The van der Waals surface area contributed by atoms with Crippen molar-refractivity contribution in [2.45, 2.75) is 13.5 Å². The van der Waals surface area contributed by atoms with Gasteiger partial charge in [-0.2, -0.15) is 0 Å². The van der Waals surface area contributed by atoms with Gasteiger partial charge in [0.2, 0.25) is 5.13 Å². The molecule has 0 fully saturated rings. The number of hydrogen-bond donors (Lipinski definition) is 2. The molecule has 7 nitrogen and oxygen atoms in total. The molecule has 27 heavy (non-hydrogen) atoms. The number of nitrogens with zero attached hydrogens (tertiary/aromatic N) is 3. The Balaban J connectivity index is 1.43. The first kappa shape index (κ1) is 17.1. The molecule has 1 aromatic carbocycles. The summed E-state index contributed by atoms with van der Waals surface area (Å²) >= 11 is 1.24. The number of anilines is 2. The Bertz CT molecular complexity index is 1090. The van der Waals surface area contributed by atoms with Gasteiger partial charge in [0.05, 0.1) is 12.1 Å². The molecule has 0 bridgehead atoms. The van der Waals surface area contributed by atoms with E-state index >= 15 is 0 Å². The third-order valence-corrected chi connectivity index (χ3v) is 4.64. The van der Waals surface area contributed by atoms with Crippen molar-refractivity contribution < 1.29 is 13.6 Å². The van der Waals surface area contributed by atoms with Gasteiger partial charge in [0, 0.05) is 17.1 Å². The highest BCUT2D eigenvalue weighted by Gasteiger charge is 2.12. The topological polar surface area (TPSA) is 92.9 Å². The monoisotopic (exact) mass is 383 g/mol. The van der Waals surface area contributed by atoms with Crippen LogP contribution in [-0.2, 0) is 6.54 Å². The van der Waals surface area contributed by atoms with E-state index in [1.54, 1.807) is 18.2 Å². The first-order valence-electron chi connectivity index (χ1n) is 8.05. The normalized spacial score (nSPS) is 10.9. The summed E-state index contributed by atoms with van der Waals surface area (Å²) in [4.78, 5) is 16.3. The number of benzene rings is 1. The maximum absolute atomic E-state index is 13.4. The number of hydrogen-bond acceptors (Lipinski definition) is 7. The van der Waals surface area contributed by atoms with Gasteiger partial charge in [0.1, 0.15) is 28.5 Å². The van der Waals surface area contributed by atoms with Crippen molar-refractivity contribution in [1.29, 1.82) is 0 Å². The highest BCUT2D eigenvalue weighted by atomic mass is 32.1. The molecule has 2 N–H and O–H groups in total. The lowest BCUT2D eigenvalue weighted by atomic mass is 10.1. The molecule has 4 rings (SSSR count). The summed E-state index contributed by atoms with van der Waals surface area (Å²) in [6, 6.07) is 7.81. The molecule has 1 amide bonds. The number of carbonyl (C=O) groups excluding carboxylic acids is 1. The van der Waals surface area contributed by atoms with Crippen molar-refractivity contribution in [2.75, 3.05) is 10.6 Å². The molecule has 136 valence electrons. The summed E-state index contributed by atoms with van der Waals surface area (Å²) in [5.74, 6) is 0.694. The van der Waals surface area contributed by atoms with Crippen molar-refractivity contribution >= 4 is 39.2 Å². The van der Waals surface area contributed by atoms with Gasteiger partial charge in [-0.1, -0.05) is 11.3 Å². The van der Waals surface area contributed by atoms with E-state index in [1.165, 1.54) is 35.2 Å². The average Bonchev–Trinajstić information content (AvgIpc) is 3.29. The Morgan fingerprint density at radius 1 is 1.30 bits per heavy atom. The molecule has 0 radical (unpaired) electrons. The number of rotatable bonds is 5. The zero-order chi connectivity index (χ0) is 18.8. The maximum atomic E-state index is 13.4. The molecule has 9 heteroatoms. The van der Waals surface area contributed by atoms with Gasteiger partial charge in [-0.25, -0.2) is 9.37 Å². The Kier molecular flexibility index (Phi) is 4.51. The Morgan fingerprint density at radius 3 is 2.93 bits per heavy atom. The molecule has 0 saturated heterocycles. The summed E-state index contributed by atoms with van der Waals surface area (Å²) in [6.45, 7) is 2.28. The smallest absolute Gasteiger partial charge is 0.259 e. The Labute approximate surface area is 157 Å². The SMILES string of the molecule is Cc1c(CNc2ccc(C(=O)Nc3nncs3)cn2)oc2ccc(F)cc12. The van der Waals surface area contributed by atoms with E-state index in [0.29, 0.717) is 34.4 Å². The summed E-state index contributed by atoms with van der Waals surface area (Å²) in [5.41, 5.74) is 3.47. The molecule has 0 unspecified atom stereocenters. The van der Waals surface area contributed by atoms with Crippen LogP contribution in [0, 0.1) is 12.7 Å². The molecule has 0 spiro atoms. The van der Waals surface area contributed by atoms with Crippen LogP contribution in [0.3, 0.4) is 0 Å². The second kappa shape index (κ2) is 7.12. The molecule has 0 aliphatic carbocycles. The number of nitrogens with one attached hydrogen (secondary N) is 2. The molecule has 0 aliphatic heterocycles. The van der Waals surface area contributed by atoms with Crippen molar-refractivity contribution in [3.8, 4) is 0 Å². The Hall–Kier alpha value is -3.33. The van der Waals surface area contributed by atoms with Crippen LogP contribution in [0.4, 0.5) is 15.3 Å². The number of carbonyl (C=O) groups is 1. The van der Waals surface area contributed by atoms with Crippen molar-refractivity contribution in [3.63, 3.8) is 0 Å². The quantitative estimate of drug-likeness (QED) is 0.541. The minimum atomic E-state index is -0.305. The van der Waals surface area contributed by atoms with Gasteiger partial charge in [-0.15, -0.1) is 10.2 Å². The molecule has 3 heterocycles. The summed E-state index contributed by atoms with van der Waals surface area (Å²) in [6.07, 6.45) is 1.47. The molecule has 3 aromatic heterocycles. The predicted octanol–water partition coefficient (Wildman–Crippen LogP) is 3.99. The fourth-order valence-electron chi connectivity index (χ4n) is 2.61. The minimum Gasteiger partial charge on any atom is -0.459 e. The van der Waals surface area contributed by atoms with Gasteiger partial charge >= 0.3 is 0 Å². The maximum Gasteiger partial charge on any atom is 0.259 e. The molecular weight excluding hydrogens is 369 g/mol. The van der Waals surface area contributed by atoms with Crippen molar-refractivity contribution in [2.24, 2.45) is 0 Å². The number of aromatic nitrogens is 3. The highest BCUT2D eigenvalue weighted by molar-refractivity contribution is 7.13. The molecule has 0 aliphatic rings. The summed E-state index contributed by atoms with van der Waals surface area (Å²) in [5, 5.41) is 14.4. The van der Waals surface area contributed by atoms with E-state index < -0.39 is 0 Å². The molecule has 0 saturated carbocycles. The second-order valence-electron chi connectivity index (χ2n) is 5.77. The lowest BCUT2D eigenvalue weighted by molar-refractivity contribution is 0.102. The summed E-state index contributed by atoms with van der Waals surface area (Å²) < 4.78 is 19.2. The first-order valence-corrected chi connectivity index (χ1v) is 8.93. The number of halogens is 1. The molecule has 4 aromatic rings. The number of pyridine rings is 1. The fourth-order valence-corrected chi connectivity index (χ4v) is 3.05. The van der Waals surface area contributed by atoms with E-state index in [4.69, 9.17) is 4.42 Å². The van der Waals surface area contributed by atoms with Gasteiger partial charge < -0.3 is 9.73 Å². The summed E-state index contributed by atoms with van der Waals surface area (Å²) in [7, 11) is 0. The van der Waals surface area contributed by atoms with Crippen LogP contribution < -0.4 is 10.6 Å². The Morgan fingerprint density at radius 2 is 2.19 bits per heavy atom. The zero-order valence-electron chi connectivity index (χ0n) is 14.2. The largest absolute Gasteiger partial charge is 0.459 e. The van der Waals surface area contributed by atoms with Gasteiger partial charge in [-0.05, 0) is 37.3 Å². The molecule has 0 atom stereocenters. The lowest BCUT2D eigenvalue weighted by Gasteiger charge is -2.06. The van der Waals surface area contributed by atoms with E-state index in [2.05, 4.69) is 25.8 Å². The van der Waals surface area contributed by atoms with Crippen LogP contribution in [-0.4, -0.2) is 21.1 Å². The van der Waals surface area contributed by atoms with Crippen molar-refractivity contribution in [1.82, 2.24) is 15.2 Å². The van der Waals surface area contributed by atoms with Gasteiger partial charge in [0.25, 0.3) is 5.91 Å². The van der Waals surface area contributed by atoms with E-state index in [0.717, 1.165) is 10.9 Å². The first-order chi connectivity index (χ1) is 13.1. The van der Waals surface area contributed by atoms with Crippen LogP contribution in [0.2, 0.25) is 0 Å². The third kappa shape index (κ3) is 3.63. The highest BCUT2D eigenvalue weighted by Crippen LogP contribution is 2.26. The van der Waals surface area contributed by atoms with Gasteiger partial charge in [0.15, 0.2) is 0 Å². The van der Waals surface area contributed by atoms with Crippen LogP contribution in [0.1, 0.15) is 21.7 Å². The zero-order valence-corrected chi connectivity index (χ0v) is 15.0. The van der Waals surface area contributed by atoms with Gasteiger partial charge in [-0.3, -0.25) is 10.1 Å². The predicted molar refractivity (Wildman–Crippen MR) is 100 cm³/mol. The third-order valence-electron chi connectivity index (χ3n) is 4.03.